The molecule has 0 atom stereocenters. The molecule has 130 valence electrons. The number of aromatic nitrogens is 3. The fraction of sp³-hybridized carbons (Fsp3) is 0.471. The van der Waals surface area contributed by atoms with Gasteiger partial charge in [0.2, 0.25) is 5.91 Å². The van der Waals surface area contributed by atoms with E-state index in [0.29, 0.717) is 17.6 Å². The minimum atomic E-state index is -0.226. The van der Waals surface area contributed by atoms with Crippen LogP contribution in [0, 0.1) is 0 Å². The zero-order valence-corrected chi connectivity index (χ0v) is 15.2. The number of anilines is 1. The predicted molar refractivity (Wildman–Crippen MR) is 97.6 cm³/mol. The number of amides is 1. The number of nitrogens with one attached hydrogen (secondary N) is 2. The number of aromatic amines is 1. The van der Waals surface area contributed by atoms with Gasteiger partial charge in [0, 0.05) is 12.2 Å². The molecule has 1 heterocycles. The number of thioether (sulfide) groups is 1. The number of hydrogen-bond acceptors (Lipinski definition) is 4. The Morgan fingerprint density at radius 3 is 2.67 bits per heavy atom. The monoisotopic (exact) mass is 348 g/mol. The Labute approximate surface area is 146 Å². The summed E-state index contributed by atoms with van der Waals surface area (Å²) in [6.45, 7) is 6.95. The number of benzene rings is 1. The van der Waals surface area contributed by atoms with Gasteiger partial charge in [-0.25, -0.2) is 9.89 Å². The number of H-pyrrole nitrogens is 1. The van der Waals surface area contributed by atoms with Gasteiger partial charge in [-0.15, -0.1) is 5.10 Å². The second-order valence-corrected chi connectivity index (χ2v) is 6.87. The van der Waals surface area contributed by atoms with Crippen LogP contribution >= 0.6 is 11.8 Å². The highest BCUT2D eigenvalue weighted by Gasteiger charge is 2.11. The van der Waals surface area contributed by atoms with E-state index in [4.69, 9.17) is 0 Å². The summed E-state index contributed by atoms with van der Waals surface area (Å²) in [7, 11) is 0. The maximum Gasteiger partial charge on any atom is 0.343 e. The van der Waals surface area contributed by atoms with E-state index in [9.17, 15) is 9.59 Å². The summed E-state index contributed by atoms with van der Waals surface area (Å²) < 4.78 is 1.58. The van der Waals surface area contributed by atoms with Gasteiger partial charge < -0.3 is 5.32 Å². The van der Waals surface area contributed by atoms with Crippen LogP contribution in [0.15, 0.2) is 34.2 Å². The van der Waals surface area contributed by atoms with Crippen LogP contribution in [0.3, 0.4) is 0 Å². The third-order valence-electron chi connectivity index (χ3n) is 3.65. The topological polar surface area (TPSA) is 79.8 Å². The maximum atomic E-state index is 12.1. The lowest BCUT2D eigenvalue weighted by atomic mass is 10.0. The second-order valence-electron chi connectivity index (χ2n) is 5.93. The Bertz CT molecular complexity index is 719. The van der Waals surface area contributed by atoms with Crippen molar-refractivity contribution in [1.82, 2.24) is 14.8 Å². The second kappa shape index (κ2) is 8.73. The summed E-state index contributed by atoms with van der Waals surface area (Å²) >= 11 is 1.26. The van der Waals surface area contributed by atoms with E-state index in [1.165, 1.54) is 17.3 Å². The number of carbonyl (C=O) groups is 1. The molecule has 0 aliphatic carbocycles. The Balaban J connectivity index is 1.90. The molecule has 1 aromatic heterocycles. The zero-order chi connectivity index (χ0) is 17.5. The Morgan fingerprint density at radius 2 is 2.04 bits per heavy atom. The molecule has 2 rings (SSSR count). The lowest BCUT2D eigenvalue weighted by Crippen LogP contribution is -2.19. The summed E-state index contributed by atoms with van der Waals surface area (Å²) in [6.07, 6.45) is 1.90. The van der Waals surface area contributed by atoms with E-state index in [-0.39, 0.29) is 17.3 Å². The first-order chi connectivity index (χ1) is 11.5. The van der Waals surface area contributed by atoms with Crippen molar-refractivity contribution in [2.45, 2.75) is 51.2 Å². The van der Waals surface area contributed by atoms with Crippen LogP contribution in [0.5, 0.6) is 0 Å². The van der Waals surface area contributed by atoms with Crippen LogP contribution in [0.2, 0.25) is 0 Å². The fourth-order valence-corrected chi connectivity index (χ4v) is 2.98. The molecule has 0 aliphatic heterocycles. The van der Waals surface area contributed by atoms with Gasteiger partial charge in [0.15, 0.2) is 5.16 Å². The Kier molecular flexibility index (Phi) is 6.66. The Morgan fingerprint density at radius 1 is 1.33 bits per heavy atom. The van der Waals surface area contributed by atoms with Crippen molar-refractivity contribution in [3.05, 3.63) is 40.3 Å². The molecule has 0 saturated heterocycles. The van der Waals surface area contributed by atoms with Crippen molar-refractivity contribution >= 4 is 23.4 Å². The molecule has 0 unspecified atom stereocenters. The molecule has 24 heavy (non-hydrogen) atoms. The van der Waals surface area contributed by atoms with Crippen molar-refractivity contribution in [2.24, 2.45) is 0 Å². The van der Waals surface area contributed by atoms with Crippen LogP contribution in [0.25, 0.3) is 0 Å². The highest BCUT2D eigenvalue weighted by molar-refractivity contribution is 7.99. The molecule has 0 spiro atoms. The van der Waals surface area contributed by atoms with Gasteiger partial charge in [-0.1, -0.05) is 51.1 Å². The standard InChI is InChI=1S/C17H24N4O2S/c1-4-5-10-21-16(23)19-20-17(21)24-11-15(22)18-14-8-6-13(7-9-14)12(2)3/h6-9,12H,4-5,10-11H2,1-3H3,(H,18,22)(H,19,23). The molecule has 0 aliphatic rings. The third-order valence-corrected chi connectivity index (χ3v) is 4.63. The molecule has 6 nitrogen and oxygen atoms in total. The molecule has 1 aromatic carbocycles. The molecule has 2 aromatic rings. The van der Waals surface area contributed by atoms with Gasteiger partial charge in [-0.2, -0.15) is 0 Å². The van der Waals surface area contributed by atoms with Gasteiger partial charge in [0.1, 0.15) is 0 Å². The highest BCUT2D eigenvalue weighted by Crippen LogP contribution is 2.18. The smallest absolute Gasteiger partial charge is 0.325 e. The average molecular weight is 348 g/mol. The van der Waals surface area contributed by atoms with E-state index >= 15 is 0 Å². The van der Waals surface area contributed by atoms with Crippen LogP contribution in [0.4, 0.5) is 5.69 Å². The number of unbranched alkanes of at least 4 members (excludes halogenated alkanes) is 1. The first-order valence-corrected chi connectivity index (χ1v) is 9.17. The summed E-state index contributed by atoms with van der Waals surface area (Å²) in [5, 5.41) is 9.85. The van der Waals surface area contributed by atoms with Crippen LogP contribution in [-0.4, -0.2) is 26.4 Å². The average Bonchev–Trinajstić information content (AvgIpc) is 2.91. The molecule has 0 radical (unpaired) electrons. The summed E-state index contributed by atoms with van der Waals surface area (Å²) in [6, 6.07) is 7.85. The summed E-state index contributed by atoms with van der Waals surface area (Å²) in [5.74, 6) is 0.558. The molecule has 2 N–H and O–H groups in total. The molecule has 1 amide bonds. The lowest BCUT2D eigenvalue weighted by Gasteiger charge is -2.08. The quantitative estimate of drug-likeness (QED) is 0.718. The van der Waals surface area contributed by atoms with E-state index in [1.54, 1.807) is 4.57 Å². The largest absolute Gasteiger partial charge is 0.343 e. The van der Waals surface area contributed by atoms with Gasteiger partial charge in [0.25, 0.3) is 0 Å². The molecule has 0 bridgehead atoms. The summed E-state index contributed by atoms with van der Waals surface area (Å²) in [5.41, 5.74) is 1.78. The van der Waals surface area contributed by atoms with Crippen molar-refractivity contribution < 1.29 is 4.79 Å². The lowest BCUT2D eigenvalue weighted by molar-refractivity contribution is -0.113. The van der Waals surface area contributed by atoms with Crippen molar-refractivity contribution in [3.63, 3.8) is 0 Å². The minimum absolute atomic E-state index is 0.116. The molecular formula is C17H24N4O2S. The summed E-state index contributed by atoms with van der Waals surface area (Å²) in [4.78, 5) is 23.8. The van der Waals surface area contributed by atoms with E-state index in [2.05, 4.69) is 36.3 Å². The number of hydrogen-bond donors (Lipinski definition) is 2. The van der Waals surface area contributed by atoms with Crippen LogP contribution in [0.1, 0.15) is 45.1 Å². The van der Waals surface area contributed by atoms with Crippen LogP contribution in [-0.2, 0) is 11.3 Å². The number of carbonyl (C=O) groups excluding carboxylic acids is 1. The zero-order valence-electron chi connectivity index (χ0n) is 14.3. The van der Waals surface area contributed by atoms with Crippen LogP contribution < -0.4 is 11.0 Å². The fourth-order valence-electron chi connectivity index (χ4n) is 2.21. The van der Waals surface area contributed by atoms with E-state index in [0.717, 1.165) is 18.5 Å². The van der Waals surface area contributed by atoms with Crippen molar-refractivity contribution in [1.29, 1.82) is 0 Å². The predicted octanol–water partition coefficient (Wildman–Crippen LogP) is 3.23. The van der Waals surface area contributed by atoms with E-state index < -0.39 is 0 Å². The van der Waals surface area contributed by atoms with Gasteiger partial charge in [-0.3, -0.25) is 9.36 Å². The van der Waals surface area contributed by atoms with Crippen molar-refractivity contribution in [2.75, 3.05) is 11.1 Å². The normalized spacial score (nSPS) is 11.0. The van der Waals surface area contributed by atoms with Crippen molar-refractivity contribution in [3.8, 4) is 0 Å². The maximum absolute atomic E-state index is 12.1. The van der Waals surface area contributed by atoms with Gasteiger partial charge in [-0.05, 0) is 30.0 Å². The Hall–Kier alpha value is -2.02. The van der Waals surface area contributed by atoms with E-state index in [1.807, 2.05) is 24.3 Å². The van der Waals surface area contributed by atoms with Gasteiger partial charge >= 0.3 is 5.69 Å². The third kappa shape index (κ3) is 4.99. The number of nitrogens with zero attached hydrogens (tertiary/aromatic N) is 2. The first kappa shape index (κ1) is 18.3. The SMILES string of the molecule is CCCCn1c(SCC(=O)Nc2ccc(C(C)C)cc2)n[nH]c1=O. The van der Waals surface area contributed by atoms with Gasteiger partial charge in [0.05, 0.1) is 5.75 Å². The highest BCUT2D eigenvalue weighted by atomic mass is 32.2. The molecule has 7 heteroatoms. The molecular weight excluding hydrogens is 324 g/mol. The first-order valence-electron chi connectivity index (χ1n) is 8.19. The molecule has 0 saturated carbocycles. The number of rotatable bonds is 8. The minimum Gasteiger partial charge on any atom is -0.325 e. The molecule has 0 fully saturated rings.